The molecule has 0 aliphatic heterocycles. The number of carbonyl (C=O) groups excluding carboxylic acids is 1. The maximum atomic E-state index is 11.9. The lowest BCUT2D eigenvalue weighted by molar-refractivity contribution is 0.0937. The molecule has 0 saturated carbocycles. The van der Waals surface area contributed by atoms with Gasteiger partial charge in [-0.3, -0.25) is 9.78 Å². The van der Waals surface area contributed by atoms with Crippen LogP contribution >= 0.6 is 0 Å². The van der Waals surface area contributed by atoms with Gasteiger partial charge < -0.3 is 15.8 Å². The van der Waals surface area contributed by atoms with E-state index in [9.17, 15) is 4.79 Å². The Labute approximate surface area is 116 Å². The first-order valence-electron chi connectivity index (χ1n) is 6.02. The standard InChI is InChI=1S/C13H15N5O2/c1-20-7-6-16-13(19)10-8-17-12(18-11(10)14)9-2-4-15-5-3-9/h2-5,8H,6-7H2,1H3,(H,16,19)(H2,14,17,18). The van der Waals surface area contributed by atoms with E-state index in [1.54, 1.807) is 31.6 Å². The predicted octanol–water partition coefficient (Wildman–Crippen LogP) is 0.497. The highest BCUT2D eigenvalue weighted by molar-refractivity contribution is 5.98. The number of amides is 1. The van der Waals surface area contributed by atoms with Gasteiger partial charge in [0, 0.05) is 37.8 Å². The molecule has 0 aliphatic rings. The lowest BCUT2D eigenvalue weighted by Gasteiger charge is -2.07. The number of pyridine rings is 1. The molecule has 0 aromatic carbocycles. The molecule has 0 saturated heterocycles. The van der Waals surface area contributed by atoms with E-state index in [4.69, 9.17) is 10.5 Å². The van der Waals surface area contributed by atoms with E-state index in [0.29, 0.717) is 19.0 Å². The molecule has 0 bridgehead atoms. The lowest BCUT2D eigenvalue weighted by Crippen LogP contribution is -2.28. The van der Waals surface area contributed by atoms with Crippen molar-refractivity contribution in [1.82, 2.24) is 20.3 Å². The maximum absolute atomic E-state index is 11.9. The largest absolute Gasteiger partial charge is 0.383 e. The molecule has 2 heterocycles. The molecule has 20 heavy (non-hydrogen) atoms. The number of nitrogens with zero attached hydrogens (tertiary/aromatic N) is 3. The summed E-state index contributed by atoms with van der Waals surface area (Å²) in [6.45, 7) is 0.836. The average Bonchev–Trinajstić information content (AvgIpc) is 2.48. The Morgan fingerprint density at radius 1 is 1.40 bits per heavy atom. The van der Waals surface area contributed by atoms with Gasteiger partial charge in [0.2, 0.25) is 0 Å². The number of ether oxygens (including phenoxy) is 1. The summed E-state index contributed by atoms with van der Waals surface area (Å²) in [7, 11) is 1.56. The van der Waals surface area contributed by atoms with Gasteiger partial charge in [-0.25, -0.2) is 9.97 Å². The zero-order chi connectivity index (χ0) is 14.4. The highest BCUT2D eigenvalue weighted by Crippen LogP contribution is 2.16. The van der Waals surface area contributed by atoms with Crippen LogP contribution in [0.4, 0.5) is 5.82 Å². The number of hydrogen-bond donors (Lipinski definition) is 2. The highest BCUT2D eigenvalue weighted by atomic mass is 16.5. The second-order valence-corrected chi connectivity index (χ2v) is 3.98. The van der Waals surface area contributed by atoms with Crippen molar-refractivity contribution in [3.8, 4) is 11.4 Å². The molecule has 2 aromatic heterocycles. The van der Waals surface area contributed by atoms with Gasteiger partial charge in [-0.05, 0) is 12.1 Å². The van der Waals surface area contributed by atoms with Crippen molar-refractivity contribution in [2.45, 2.75) is 0 Å². The van der Waals surface area contributed by atoms with E-state index in [-0.39, 0.29) is 17.3 Å². The number of rotatable bonds is 5. The average molecular weight is 273 g/mol. The summed E-state index contributed by atoms with van der Waals surface area (Å²) >= 11 is 0. The maximum Gasteiger partial charge on any atom is 0.256 e. The number of nitrogens with two attached hydrogens (primary N) is 1. The second kappa shape index (κ2) is 6.58. The Balaban J connectivity index is 2.16. The van der Waals surface area contributed by atoms with Crippen LogP contribution in [-0.4, -0.2) is 41.1 Å². The zero-order valence-corrected chi connectivity index (χ0v) is 11.0. The van der Waals surface area contributed by atoms with Crippen LogP contribution in [0.25, 0.3) is 11.4 Å². The molecule has 0 aliphatic carbocycles. The molecule has 2 aromatic rings. The molecule has 7 heteroatoms. The molecular formula is C13H15N5O2. The third kappa shape index (κ3) is 3.27. The van der Waals surface area contributed by atoms with Gasteiger partial charge in [0.25, 0.3) is 5.91 Å². The van der Waals surface area contributed by atoms with Gasteiger partial charge in [0.1, 0.15) is 5.82 Å². The van der Waals surface area contributed by atoms with Crippen LogP contribution in [0.2, 0.25) is 0 Å². The molecule has 0 atom stereocenters. The summed E-state index contributed by atoms with van der Waals surface area (Å²) in [6.07, 6.45) is 4.70. The van der Waals surface area contributed by atoms with Crippen molar-refractivity contribution < 1.29 is 9.53 Å². The molecule has 1 amide bonds. The monoisotopic (exact) mass is 273 g/mol. The fourth-order valence-electron chi connectivity index (χ4n) is 1.57. The summed E-state index contributed by atoms with van der Waals surface area (Å²) in [5, 5.41) is 2.67. The summed E-state index contributed by atoms with van der Waals surface area (Å²) in [4.78, 5) is 24.1. The second-order valence-electron chi connectivity index (χ2n) is 3.98. The predicted molar refractivity (Wildman–Crippen MR) is 73.9 cm³/mol. The van der Waals surface area contributed by atoms with Gasteiger partial charge in [-0.1, -0.05) is 0 Å². The third-order valence-electron chi connectivity index (χ3n) is 2.59. The minimum Gasteiger partial charge on any atom is -0.383 e. The molecule has 0 unspecified atom stereocenters. The van der Waals surface area contributed by atoms with Gasteiger partial charge in [-0.15, -0.1) is 0 Å². The Kier molecular flexibility index (Phi) is 4.56. The van der Waals surface area contributed by atoms with Crippen LogP contribution in [0, 0.1) is 0 Å². The van der Waals surface area contributed by atoms with Crippen LogP contribution in [0.5, 0.6) is 0 Å². The van der Waals surface area contributed by atoms with E-state index in [1.807, 2.05) is 0 Å². The Morgan fingerprint density at radius 3 is 2.80 bits per heavy atom. The normalized spacial score (nSPS) is 10.2. The lowest BCUT2D eigenvalue weighted by atomic mass is 10.2. The third-order valence-corrected chi connectivity index (χ3v) is 2.59. The first kappa shape index (κ1) is 13.9. The summed E-state index contributed by atoms with van der Waals surface area (Å²) < 4.78 is 4.85. The number of nitrogen functional groups attached to an aromatic ring is 1. The number of aromatic nitrogens is 3. The first-order chi connectivity index (χ1) is 9.72. The molecule has 0 radical (unpaired) electrons. The van der Waals surface area contributed by atoms with Gasteiger partial charge in [0.15, 0.2) is 5.82 Å². The smallest absolute Gasteiger partial charge is 0.256 e. The van der Waals surface area contributed by atoms with Crippen LogP contribution in [-0.2, 0) is 4.74 Å². The molecule has 0 spiro atoms. The molecule has 0 fully saturated rings. The molecule has 104 valence electrons. The van der Waals surface area contributed by atoms with E-state index >= 15 is 0 Å². The highest BCUT2D eigenvalue weighted by Gasteiger charge is 2.12. The number of anilines is 1. The Hall–Kier alpha value is -2.54. The topological polar surface area (TPSA) is 103 Å². The van der Waals surface area contributed by atoms with Crippen LogP contribution in [0.1, 0.15) is 10.4 Å². The minimum absolute atomic E-state index is 0.140. The Bertz CT molecular complexity index is 589. The van der Waals surface area contributed by atoms with Crippen molar-refractivity contribution in [1.29, 1.82) is 0 Å². The summed E-state index contributed by atoms with van der Waals surface area (Å²) in [5.74, 6) is 0.279. The van der Waals surface area contributed by atoms with Crippen LogP contribution < -0.4 is 11.1 Å². The van der Waals surface area contributed by atoms with Gasteiger partial charge >= 0.3 is 0 Å². The quantitative estimate of drug-likeness (QED) is 0.769. The fourth-order valence-corrected chi connectivity index (χ4v) is 1.57. The van der Waals surface area contributed by atoms with Crippen molar-refractivity contribution >= 4 is 11.7 Å². The summed E-state index contributed by atoms with van der Waals surface area (Å²) in [6, 6.07) is 3.54. The number of carbonyl (C=O) groups is 1. The Morgan fingerprint density at radius 2 is 2.15 bits per heavy atom. The fraction of sp³-hybridized carbons (Fsp3) is 0.231. The minimum atomic E-state index is -0.319. The zero-order valence-electron chi connectivity index (χ0n) is 11.0. The SMILES string of the molecule is COCCNC(=O)c1cnc(-c2ccncc2)nc1N. The van der Waals surface area contributed by atoms with Crippen LogP contribution in [0.3, 0.4) is 0 Å². The van der Waals surface area contributed by atoms with E-state index in [0.717, 1.165) is 5.56 Å². The summed E-state index contributed by atoms with van der Waals surface area (Å²) in [5.41, 5.74) is 6.84. The number of hydrogen-bond acceptors (Lipinski definition) is 6. The van der Waals surface area contributed by atoms with Crippen molar-refractivity contribution in [2.75, 3.05) is 26.0 Å². The van der Waals surface area contributed by atoms with Crippen LogP contribution in [0.15, 0.2) is 30.7 Å². The number of nitrogens with one attached hydrogen (secondary N) is 1. The van der Waals surface area contributed by atoms with Gasteiger partial charge in [0.05, 0.1) is 12.2 Å². The molecule has 7 nitrogen and oxygen atoms in total. The van der Waals surface area contributed by atoms with E-state index in [1.165, 1.54) is 6.20 Å². The van der Waals surface area contributed by atoms with Crippen molar-refractivity contribution in [2.24, 2.45) is 0 Å². The molecule has 3 N–H and O–H groups in total. The van der Waals surface area contributed by atoms with Crippen molar-refractivity contribution in [3.63, 3.8) is 0 Å². The van der Waals surface area contributed by atoms with Gasteiger partial charge in [-0.2, -0.15) is 0 Å². The number of methoxy groups -OCH3 is 1. The first-order valence-corrected chi connectivity index (χ1v) is 6.02. The molecule has 2 rings (SSSR count). The van der Waals surface area contributed by atoms with Crippen molar-refractivity contribution in [3.05, 3.63) is 36.3 Å². The molecular weight excluding hydrogens is 258 g/mol. The van der Waals surface area contributed by atoms with E-state index in [2.05, 4.69) is 20.3 Å². The van der Waals surface area contributed by atoms with E-state index < -0.39 is 0 Å².